The zero-order valence-corrected chi connectivity index (χ0v) is 9.59. The first-order valence-corrected chi connectivity index (χ1v) is 5.98. The molecular weight excluding hydrogens is 219 g/mol. The van der Waals surface area contributed by atoms with Crippen molar-refractivity contribution in [1.82, 2.24) is 0 Å². The monoisotopic (exact) mass is 230 g/mol. The van der Waals surface area contributed by atoms with Crippen LogP contribution < -0.4 is 4.52 Å². The summed E-state index contributed by atoms with van der Waals surface area (Å²) in [7, 11) is 0.0414. The second kappa shape index (κ2) is 4.25. The third-order valence-electron chi connectivity index (χ3n) is 2.58. The summed E-state index contributed by atoms with van der Waals surface area (Å²) in [5.41, 5.74) is 2.28. The molecule has 1 aromatic rings. The number of benzene rings is 1. The molecule has 3 heteroatoms. The van der Waals surface area contributed by atoms with E-state index < -0.39 is 0 Å². The van der Waals surface area contributed by atoms with Crippen LogP contribution in [-0.2, 0) is 4.52 Å². The predicted molar refractivity (Wildman–Crippen MR) is 66.5 cm³/mol. The van der Waals surface area contributed by atoms with Crippen molar-refractivity contribution in [3.63, 3.8) is 0 Å². The van der Waals surface area contributed by atoms with Gasteiger partial charge in [0.05, 0.1) is 0 Å². The van der Waals surface area contributed by atoms with Crippen LogP contribution in [0.25, 0.3) is 6.08 Å². The van der Waals surface area contributed by atoms with Gasteiger partial charge in [-0.3, -0.25) is 0 Å². The molecule has 1 heterocycles. The zero-order valence-electron chi connectivity index (χ0n) is 8.59. The molecule has 0 radical (unpaired) electrons. The first-order chi connectivity index (χ1) is 7.93. The van der Waals surface area contributed by atoms with Crippen LogP contribution in [0.4, 0.5) is 0 Å². The Morgan fingerprint density at radius 1 is 1.12 bits per heavy atom. The Labute approximate surface area is 96.2 Å². The summed E-state index contributed by atoms with van der Waals surface area (Å²) in [5.74, 6) is 0.884. The fraction of sp³-hybridized carbons (Fsp3) is 0.0769. The van der Waals surface area contributed by atoms with Gasteiger partial charge in [0.2, 0.25) is 9.03 Å². The molecule has 2 nitrogen and oxygen atoms in total. The summed E-state index contributed by atoms with van der Waals surface area (Å²) >= 11 is 0. The van der Waals surface area contributed by atoms with E-state index in [9.17, 15) is 0 Å². The van der Waals surface area contributed by atoms with Crippen molar-refractivity contribution < 1.29 is 9.05 Å². The second-order valence-electron chi connectivity index (χ2n) is 3.65. The summed E-state index contributed by atoms with van der Waals surface area (Å²) < 4.78 is 11.2. The van der Waals surface area contributed by atoms with Crippen molar-refractivity contribution in [3.8, 4) is 5.75 Å². The van der Waals surface area contributed by atoms with Crippen LogP contribution in [0.1, 0.15) is 5.56 Å². The minimum Gasteiger partial charge on any atom is -0.449 e. The van der Waals surface area contributed by atoms with Crippen LogP contribution >= 0.6 is 9.03 Å². The molecule has 80 valence electrons. The lowest BCUT2D eigenvalue weighted by Gasteiger charge is -2.21. The fourth-order valence-corrected chi connectivity index (χ4v) is 2.41. The summed E-state index contributed by atoms with van der Waals surface area (Å²) in [6, 6.07) is 8.01. The van der Waals surface area contributed by atoms with Gasteiger partial charge >= 0.3 is 0 Å². The van der Waals surface area contributed by atoms with Gasteiger partial charge in [0.25, 0.3) is 0 Å². The second-order valence-corrected chi connectivity index (χ2v) is 4.26. The van der Waals surface area contributed by atoms with Crippen molar-refractivity contribution >= 4 is 15.1 Å². The Balaban J connectivity index is 2.08. The highest BCUT2D eigenvalue weighted by Crippen LogP contribution is 2.34. The van der Waals surface area contributed by atoms with Crippen LogP contribution in [0.2, 0.25) is 0 Å². The summed E-state index contributed by atoms with van der Waals surface area (Å²) in [6.45, 7) is 0. The normalized spacial score (nSPS) is 23.8. The lowest BCUT2D eigenvalue weighted by molar-refractivity contribution is 0.300. The van der Waals surface area contributed by atoms with Gasteiger partial charge in [-0.1, -0.05) is 42.5 Å². The van der Waals surface area contributed by atoms with Crippen LogP contribution in [0.3, 0.4) is 0 Å². The molecule has 0 fully saturated rings. The van der Waals surface area contributed by atoms with Gasteiger partial charge in [0, 0.05) is 5.56 Å². The molecule has 0 saturated carbocycles. The molecule has 3 rings (SSSR count). The zero-order chi connectivity index (χ0) is 10.8. The van der Waals surface area contributed by atoms with Gasteiger partial charge in [-0.15, -0.1) is 0 Å². The maximum Gasteiger partial charge on any atom is 0.216 e. The van der Waals surface area contributed by atoms with E-state index in [1.54, 1.807) is 0 Å². The van der Waals surface area contributed by atoms with Crippen molar-refractivity contribution in [2.75, 3.05) is 0 Å². The SMILES string of the molecule is C1=CC2=Cc3ccccc3OPOC2C=C1. The average Bonchev–Trinajstić information content (AvgIpc) is 2.29. The van der Waals surface area contributed by atoms with Crippen LogP contribution in [0.15, 0.2) is 54.1 Å². The van der Waals surface area contributed by atoms with Gasteiger partial charge in [0.1, 0.15) is 11.9 Å². The van der Waals surface area contributed by atoms with Crippen LogP contribution in [0, 0.1) is 0 Å². The quantitative estimate of drug-likeness (QED) is 0.635. The third-order valence-corrected chi connectivity index (χ3v) is 3.24. The van der Waals surface area contributed by atoms with E-state index in [0.29, 0.717) is 0 Å². The number of allylic oxidation sites excluding steroid dienone is 2. The third kappa shape index (κ3) is 1.82. The van der Waals surface area contributed by atoms with E-state index in [1.165, 1.54) is 5.57 Å². The molecule has 0 aromatic heterocycles. The van der Waals surface area contributed by atoms with Crippen molar-refractivity contribution in [1.29, 1.82) is 0 Å². The number of para-hydroxylation sites is 1. The molecular formula is C13H11O2P. The topological polar surface area (TPSA) is 18.5 Å². The first kappa shape index (κ1) is 9.83. The average molecular weight is 230 g/mol. The highest BCUT2D eigenvalue weighted by atomic mass is 31.1. The highest BCUT2D eigenvalue weighted by Gasteiger charge is 2.16. The van der Waals surface area contributed by atoms with Crippen LogP contribution in [-0.4, -0.2) is 6.10 Å². The Kier molecular flexibility index (Phi) is 2.61. The predicted octanol–water partition coefficient (Wildman–Crippen LogP) is 3.48. The van der Waals surface area contributed by atoms with Gasteiger partial charge in [0.15, 0.2) is 0 Å². The maximum atomic E-state index is 5.64. The van der Waals surface area contributed by atoms with Gasteiger partial charge in [-0.2, -0.15) is 0 Å². The lowest BCUT2D eigenvalue weighted by atomic mass is 10.0. The van der Waals surface area contributed by atoms with E-state index in [2.05, 4.69) is 18.2 Å². The maximum absolute atomic E-state index is 5.64. The molecule has 1 aromatic carbocycles. The van der Waals surface area contributed by atoms with Crippen molar-refractivity contribution in [2.45, 2.75) is 6.10 Å². The Bertz CT molecular complexity index is 488. The van der Waals surface area contributed by atoms with Gasteiger partial charge in [-0.05, 0) is 17.7 Å². The van der Waals surface area contributed by atoms with E-state index >= 15 is 0 Å². The Morgan fingerprint density at radius 3 is 3.06 bits per heavy atom. The van der Waals surface area contributed by atoms with Crippen molar-refractivity contribution in [2.24, 2.45) is 0 Å². The van der Waals surface area contributed by atoms with E-state index in [4.69, 9.17) is 9.05 Å². The molecule has 0 spiro atoms. The number of rotatable bonds is 0. The summed E-state index contributed by atoms with van der Waals surface area (Å²) in [5, 5.41) is 0. The minimum atomic E-state index is 0.0247. The molecule has 0 amide bonds. The largest absolute Gasteiger partial charge is 0.449 e. The fourth-order valence-electron chi connectivity index (χ4n) is 1.77. The highest BCUT2D eigenvalue weighted by molar-refractivity contribution is 7.26. The minimum absolute atomic E-state index is 0.0247. The first-order valence-electron chi connectivity index (χ1n) is 5.16. The molecule has 0 N–H and O–H groups in total. The number of hydrogen-bond acceptors (Lipinski definition) is 2. The molecule has 2 atom stereocenters. The standard InChI is InChI=1S/C13H11O2P/c1-3-7-12-10(5-1)9-11-6-2-4-8-13(11)15-16-14-12/h1-9,12,16H. The molecule has 0 saturated heterocycles. The van der Waals surface area contributed by atoms with Gasteiger partial charge in [-0.25, -0.2) is 0 Å². The molecule has 16 heavy (non-hydrogen) atoms. The Hall–Kier alpha value is -1.37. The Morgan fingerprint density at radius 2 is 2.06 bits per heavy atom. The number of hydrogen-bond donors (Lipinski definition) is 0. The summed E-state index contributed by atoms with van der Waals surface area (Å²) in [6.07, 6.45) is 10.3. The molecule has 1 aliphatic carbocycles. The lowest BCUT2D eigenvalue weighted by Crippen LogP contribution is -2.11. The van der Waals surface area contributed by atoms with Gasteiger partial charge < -0.3 is 9.05 Å². The smallest absolute Gasteiger partial charge is 0.216 e. The molecule has 1 aliphatic heterocycles. The van der Waals surface area contributed by atoms with Crippen LogP contribution in [0.5, 0.6) is 5.75 Å². The molecule has 2 aliphatic rings. The number of fused-ring (bicyclic) bond motifs is 2. The van der Waals surface area contributed by atoms with E-state index in [-0.39, 0.29) is 15.1 Å². The summed E-state index contributed by atoms with van der Waals surface area (Å²) in [4.78, 5) is 0. The van der Waals surface area contributed by atoms with E-state index in [0.717, 1.165) is 11.3 Å². The molecule has 0 bridgehead atoms. The van der Waals surface area contributed by atoms with E-state index in [1.807, 2.05) is 36.4 Å². The molecule has 2 unspecified atom stereocenters. The van der Waals surface area contributed by atoms with Crippen molar-refractivity contribution in [3.05, 3.63) is 59.7 Å².